The molecule has 2 aromatic carbocycles. The topological polar surface area (TPSA) is 35.2 Å². The summed E-state index contributed by atoms with van der Waals surface area (Å²) in [5.74, 6) is 0.903. The summed E-state index contributed by atoms with van der Waals surface area (Å²) in [6.07, 6.45) is 2.71. The van der Waals surface area contributed by atoms with Gasteiger partial charge in [-0.3, -0.25) is 0 Å². The zero-order valence-electron chi connectivity index (χ0n) is 11.5. The molecule has 1 saturated carbocycles. The lowest BCUT2D eigenvalue weighted by atomic mass is 9.96. The van der Waals surface area contributed by atoms with Crippen molar-refractivity contribution in [3.8, 4) is 5.75 Å². The number of ether oxygens (including phenoxy) is 1. The van der Waals surface area contributed by atoms with Crippen LogP contribution in [0.3, 0.4) is 0 Å². The Morgan fingerprint density at radius 3 is 2.70 bits per heavy atom. The fourth-order valence-electron chi connectivity index (χ4n) is 2.30. The van der Waals surface area contributed by atoms with E-state index in [1.54, 1.807) is 0 Å². The van der Waals surface area contributed by atoms with Crippen molar-refractivity contribution in [1.82, 2.24) is 0 Å². The molecule has 0 aromatic heterocycles. The summed E-state index contributed by atoms with van der Waals surface area (Å²) in [6.45, 7) is 2.00. The molecule has 20 heavy (non-hydrogen) atoms. The molecule has 2 nitrogen and oxygen atoms in total. The van der Waals surface area contributed by atoms with Gasteiger partial charge in [-0.15, -0.1) is 0 Å². The van der Waals surface area contributed by atoms with E-state index in [0.717, 1.165) is 40.3 Å². The Labute approximate surface area is 124 Å². The SMILES string of the molecule is Cc1c(Cl)cccc1C(N)c1cccc(OC2CC2)c1. The molecule has 1 unspecified atom stereocenters. The lowest BCUT2D eigenvalue weighted by Gasteiger charge is -2.17. The van der Waals surface area contributed by atoms with E-state index in [4.69, 9.17) is 22.1 Å². The number of nitrogens with two attached hydrogens (primary N) is 1. The van der Waals surface area contributed by atoms with Gasteiger partial charge in [0.2, 0.25) is 0 Å². The van der Waals surface area contributed by atoms with E-state index in [1.165, 1.54) is 0 Å². The predicted molar refractivity (Wildman–Crippen MR) is 82.3 cm³/mol. The second kappa shape index (κ2) is 5.47. The lowest BCUT2D eigenvalue weighted by molar-refractivity contribution is 0.303. The van der Waals surface area contributed by atoms with Crippen molar-refractivity contribution in [2.45, 2.75) is 31.9 Å². The molecule has 0 spiro atoms. The van der Waals surface area contributed by atoms with Gasteiger partial charge in [0.25, 0.3) is 0 Å². The van der Waals surface area contributed by atoms with E-state index in [0.29, 0.717) is 6.10 Å². The maximum Gasteiger partial charge on any atom is 0.120 e. The molecule has 0 saturated heterocycles. The molecule has 0 bridgehead atoms. The molecule has 1 aliphatic rings. The number of benzene rings is 2. The highest BCUT2D eigenvalue weighted by atomic mass is 35.5. The Hall–Kier alpha value is -1.51. The average Bonchev–Trinajstić information content (AvgIpc) is 3.25. The Morgan fingerprint density at radius 2 is 1.95 bits per heavy atom. The molecule has 1 aliphatic carbocycles. The normalized spacial score (nSPS) is 15.9. The van der Waals surface area contributed by atoms with Crippen LogP contribution >= 0.6 is 11.6 Å². The van der Waals surface area contributed by atoms with Crippen LogP contribution in [0.5, 0.6) is 5.75 Å². The summed E-state index contributed by atoms with van der Waals surface area (Å²) in [6, 6.07) is 13.7. The van der Waals surface area contributed by atoms with E-state index in [9.17, 15) is 0 Å². The van der Waals surface area contributed by atoms with Crippen LogP contribution in [0.15, 0.2) is 42.5 Å². The number of hydrogen-bond acceptors (Lipinski definition) is 2. The van der Waals surface area contributed by atoms with Crippen LogP contribution in [0.25, 0.3) is 0 Å². The van der Waals surface area contributed by atoms with Crippen LogP contribution in [-0.2, 0) is 0 Å². The van der Waals surface area contributed by atoms with Gasteiger partial charge < -0.3 is 10.5 Å². The maximum absolute atomic E-state index is 6.39. The molecular weight excluding hydrogens is 270 g/mol. The van der Waals surface area contributed by atoms with Crippen molar-refractivity contribution >= 4 is 11.6 Å². The lowest BCUT2D eigenvalue weighted by Crippen LogP contribution is -2.13. The Kier molecular flexibility index (Phi) is 3.68. The smallest absolute Gasteiger partial charge is 0.120 e. The second-order valence-electron chi connectivity index (χ2n) is 5.32. The Morgan fingerprint density at radius 1 is 1.20 bits per heavy atom. The third-order valence-corrected chi connectivity index (χ3v) is 4.10. The van der Waals surface area contributed by atoms with Crippen molar-refractivity contribution in [2.75, 3.05) is 0 Å². The molecule has 104 valence electrons. The summed E-state index contributed by atoms with van der Waals surface area (Å²) < 4.78 is 5.82. The van der Waals surface area contributed by atoms with Crippen molar-refractivity contribution < 1.29 is 4.74 Å². The largest absolute Gasteiger partial charge is 0.490 e. The van der Waals surface area contributed by atoms with Crippen LogP contribution in [-0.4, -0.2) is 6.10 Å². The highest BCUT2D eigenvalue weighted by Gasteiger charge is 2.23. The second-order valence-corrected chi connectivity index (χ2v) is 5.73. The average molecular weight is 288 g/mol. The zero-order chi connectivity index (χ0) is 14.1. The molecule has 1 fully saturated rings. The Bertz CT molecular complexity index is 622. The van der Waals surface area contributed by atoms with Gasteiger partial charge in [0.1, 0.15) is 5.75 Å². The zero-order valence-corrected chi connectivity index (χ0v) is 12.2. The van der Waals surface area contributed by atoms with Gasteiger partial charge in [0.05, 0.1) is 12.1 Å². The summed E-state index contributed by atoms with van der Waals surface area (Å²) >= 11 is 6.17. The highest BCUT2D eigenvalue weighted by molar-refractivity contribution is 6.31. The molecule has 0 amide bonds. The minimum Gasteiger partial charge on any atom is -0.490 e. The van der Waals surface area contributed by atoms with Crippen molar-refractivity contribution in [3.05, 3.63) is 64.2 Å². The van der Waals surface area contributed by atoms with E-state index < -0.39 is 0 Å². The van der Waals surface area contributed by atoms with Crippen molar-refractivity contribution in [3.63, 3.8) is 0 Å². The molecule has 3 rings (SSSR count). The maximum atomic E-state index is 6.39. The molecule has 0 aliphatic heterocycles. The predicted octanol–water partition coefficient (Wildman–Crippen LogP) is 4.24. The monoisotopic (exact) mass is 287 g/mol. The minimum atomic E-state index is -0.184. The van der Waals surface area contributed by atoms with E-state index in [1.807, 2.05) is 49.4 Å². The van der Waals surface area contributed by atoms with Gasteiger partial charge in [-0.05, 0) is 54.7 Å². The van der Waals surface area contributed by atoms with Gasteiger partial charge in [0, 0.05) is 5.02 Å². The Balaban J connectivity index is 1.89. The number of halogens is 1. The number of hydrogen-bond donors (Lipinski definition) is 1. The van der Waals surface area contributed by atoms with Gasteiger partial charge >= 0.3 is 0 Å². The summed E-state index contributed by atoms with van der Waals surface area (Å²) in [7, 11) is 0. The summed E-state index contributed by atoms with van der Waals surface area (Å²) in [5.41, 5.74) is 9.53. The first-order chi connectivity index (χ1) is 9.65. The van der Waals surface area contributed by atoms with Crippen LogP contribution in [0.1, 0.15) is 35.6 Å². The van der Waals surface area contributed by atoms with Crippen molar-refractivity contribution in [2.24, 2.45) is 5.73 Å². The molecule has 0 radical (unpaired) electrons. The first kappa shape index (κ1) is 13.5. The minimum absolute atomic E-state index is 0.184. The third kappa shape index (κ3) is 2.82. The van der Waals surface area contributed by atoms with Crippen LogP contribution in [0.4, 0.5) is 0 Å². The third-order valence-electron chi connectivity index (χ3n) is 3.69. The van der Waals surface area contributed by atoms with Gasteiger partial charge in [0.15, 0.2) is 0 Å². The first-order valence-corrected chi connectivity index (χ1v) is 7.30. The molecule has 0 heterocycles. The first-order valence-electron chi connectivity index (χ1n) is 6.92. The molecule has 3 heteroatoms. The van der Waals surface area contributed by atoms with E-state index in [2.05, 4.69) is 0 Å². The quantitative estimate of drug-likeness (QED) is 0.913. The molecular formula is C17H18ClNO. The van der Waals surface area contributed by atoms with Gasteiger partial charge in [-0.25, -0.2) is 0 Å². The summed E-state index contributed by atoms with van der Waals surface area (Å²) in [4.78, 5) is 0. The fraction of sp³-hybridized carbons (Fsp3) is 0.294. The van der Waals surface area contributed by atoms with Crippen LogP contribution < -0.4 is 10.5 Å². The number of rotatable bonds is 4. The van der Waals surface area contributed by atoms with E-state index in [-0.39, 0.29) is 6.04 Å². The van der Waals surface area contributed by atoms with E-state index >= 15 is 0 Å². The molecule has 2 N–H and O–H groups in total. The van der Waals surface area contributed by atoms with Gasteiger partial charge in [-0.1, -0.05) is 35.9 Å². The molecule has 1 atom stereocenters. The van der Waals surface area contributed by atoms with Crippen LogP contribution in [0, 0.1) is 6.92 Å². The standard InChI is InChI=1S/C17H18ClNO/c1-11-15(6-3-7-16(11)18)17(19)12-4-2-5-14(10-12)20-13-8-9-13/h2-7,10,13,17H,8-9,19H2,1H3. The van der Waals surface area contributed by atoms with Gasteiger partial charge in [-0.2, -0.15) is 0 Å². The fourth-order valence-corrected chi connectivity index (χ4v) is 2.48. The van der Waals surface area contributed by atoms with Crippen LogP contribution in [0.2, 0.25) is 5.02 Å². The molecule has 2 aromatic rings. The highest BCUT2D eigenvalue weighted by Crippen LogP contribution is 2.31. The summed E-state index contributed by atoms with van der Waals surface area (Å²) in [5, 5.41) is 0.753. The van der Waals surface area contributed by atoms with Crippen molar-refractivity contribution in [1.29, 1.82) is 0 Å².